The summed E-state index contributed by atoms with van der Waals surface area (Å²) in [4.78, 5) is 29.8. The van der Waals surface area contributed by atoms with E-state index in [0.717, 1.165) is 11.3 Å². The van der Waals surface area contributed by atoms with Crippen molar-refractivity contribution in [1.29, 1.82) is 0 Å². The van der Waals surface area contributed by atoms with Crippen LogP contribution >= 0.6 is 11.3 Å². The summed E-state index contributed by atoms with van der Waals surface area (Å²) in [5.74, 6) is -1.38. The second-order valence-electron chi connectivity index (χ2n) is 4.45. The molecule has 0 saturated carbocycles. The fourth-order valence-corrected chi connectivity index (χ4v) is 2.59. The van der Waals surface area contributed by atoms with Gasteiger partial charge in [0.15, 0.2) is 5.13 Å². The topological polar surface area (TPSA) is 62.3 Å². The van der Waals surface area contributed by atoms with E-state index < -0.39 is 11.7 Å². The zero-order chi connectivity index (χ0) is 16.1. The van der Waals surface area contributed by atoms with Gasteiger partial charge in [0, 0.05) is 18.5 Å². The molecule has 2 aromatic rings. The van der Waals surface area contributed by atoms with Gasteiger partial charge in [-0.1, -0.05) is 12.1 Å². The summed E-state index contributed by atoms with van der Waals surface area (Å²) in [7, 11) is 0. The molecule has 0 radical (unpaired) electrons. The summed E-state index contributed by atoms with van der Waals surface area (Å²) in [5, 5.41) is 4.36. The lowest BCUT2D eigenvalue weighted by atomic mass is 10.2. The highest BCUT2D eigenvalue weighted by Gasteiger charge is 2.18. The van der Waals surface area contributed by atoms with Gasteiger partial charge in [-0.05, 0) is 26.0 Å². The third-order valence-corrected chi connectivity index (χ3v) is 3.87. The van der Waals surface area contributed by atoms with Gasteiger partial charge in [0.2, 0.25) is 0 Å². The number of halogens is 1. The molecule has 7 heteroatoms. The van der Waals surface area contributed by atoms with E-state index in [2.05, 4.69) is 10.3 Å². The van der Waals surface area contributed by atoms with Crippen LogP contribution in [-0.2, 0) is 0 Å². The number of carbonyl (C=O) groups is 2. The van der Waals surface area contributed by atoms with Gasteiger partial charge in [0.25, 0.3) is 11.8 Å². The lowest BCUT2D eigenvalue weighted by Gasteiger charge is -2.16. The van der Waals surface area contributed by atoms with Crippen molar-refractivity contribution in [3.63, 3.8) is 0 Å². The first kappa shape index (κ1) is 16.1. The predicted octanol–water partition coefficient (Wildman–Crippen LogP) is 3.02. The van der Waals surface area contributed by atoms with Crippen molar-refractivity contribution in [2.45, 2.75) is 13.8 Å². The van der Waals surface area contributed by atoms with Crippen molar-refractivity contribution in [2.75, 3.05) is 18.4 Å². The van der Waals surface area contributed by atoms with E-state index in [4.69, 9.17) is 0 Å². The minimum atomic E-state index is -0.601. The molecule has 0 saturated heterocycles. The zero-order valence-electron chi connectivity index (χ0n) is 12.3. The van der Waals surface area contributed by atoms with E-state index in [1.54, 1.807) is 16.3 Å². The van der Waals surface area contributed by atoms with E-state index in [-0.39, 0.29) is 22.3 Å². The molecule has 2 rings (SSSR count). The Balaban J connectivity index is 2.11. The molecule has 0 atom stereocenters. The van der Waals surface area contributed by atoms with Crippen LogP contribution in [0.4, 0.5) is 9.52 Å². The monoisotopic (exact) mass is 321 g/mol. The number of hydrogen-bond donors (Lipinski definition) is 1. The standard InChI is InChI=1S/C15H16FN3O2S/c1-3-19(4-2)14(21)12-9-22-15(17-12)18-13(20)10-7-5-6-8-11(10)16/h5-9H,3-4H2,1-2H3,(H,17,18,20). The lowest BCUT2D eigenvalue weighted by molar-refractivity contribution is 0.0767. The van der Waals surface area contributed by atoms with Crippen molar-refractivity contribution in [2.24, 2.45) is 0 Å². The van der Waals surface area contributed by atoms with Gasteiger partial charge >= 0.3 is 0 Å². The molecule has 116 valence electrons. The SMILES string of the molecule is CCN(CC)C(=O)c1csc(NC(=O)c2ccccc2F)n1. The maximum Gasteiger partial charge on any atom is 0.273 e. The predicted molar refractivity (Wildman–Crippen MR) is 83.7 cm³/mol. The van der Waals surface area contributed by atoms with Crippen LogP contribution in [0.25, 0.3) is 0 Å². The van der Waals surface area contributed by atoms with Crippen LogP contribution in [0.2, 0.25) is 0 Å². The van der Waals surface area contributed by atoms with Gasteiger partial charge in [-0.2, -0.15) is 0 Å². The molecule has 1 aromatic heterocycles. The van der Waals surface area contributed by atoms with Crippen molar-refractivity contribution >= 4 is 28.3 Å². The van der Waals surface area contributed by atoms with E-state index in [0.29, 0.717) is 13.1 Å². The molecule has 0 spiro atoms. The summed E-state index contributed by atoms with van der Waals surface area (Å²) in [6.45, 7) is 4.94. The molecule has 0 aliphatic rings. The number of benzene rings is 1. The van der Waals surface area contributed by atoms with Gasteiger partial charge in [-0.25, -0.2) is 9.37 Å². The van der Waals surface area contributed by atoms with Crippen LogP contribution in [0.5, 0.6) is 0 Å². The Morgan fingerprint density at radius 2 is 1.95 bits per heavy atom. The molecule has 0 aliphatic heterocycles. The van der Waals surface area contributed by atoms with Gasteiger partial charge < -0.3 is 4.90 Å². The zero-order valence-corrected chi connectivity index (χ0v) is 13.1. The molecular formula is C15H16FN3O2S. The van der Waals surface area contributed by atoms with Gasteiger partial charge in [0.05, 0.1) is 5.56 Å². The number of aromatic nitrogens is 1. The largest absolute Gasteiger partial charge is 0.338 e. The molecule has 5 nitrogen and oxygen atoms in total. The first-order valence-electron chi connectivity index (χ1n) is 6.87. The normalized spacial score (nSPS) is 10.3. The molecule has 1 heterocycles. The molecule has 0 bridgehead atoms. The second-order valence-corrected chi connectivity index (χ2v) is 5.31. The van der Waals surface area contributed by atoms with Crippen molar-refractivity contribution in [3.8, 4) is 0 Å². The molecule has 1 aromatic carbocycles. The summed E-state index contributed by atoms with van der Waals surface area (Å²) in [5.41, 5.74) is 0.215. The Kier molecular flexibility index (Phi) is 5.21. The third kappa shape index (κ3) is 3.48. The first-order chi connectivity index (χ1) is 10.6. The van der Waals surface area contributed by atoms with E-state index in [9.17, 15) is 14.0 Å². The molecule has 0 fully saturated rings. The van der Waals surface area contributed by atoms with Crippen LogP contribution in [0.1, 0.15) is 34.7 Å². The van der Waals surface area contributed by atoms with Crippen LogP contribution in [0.3, 0.4) is 0 Å². The average Bonchev–Trinajstić information content (AvgIpc) is 2.97. The van der Waals surface area contributed by atoms with E-state index >= 15 is 0 Å². The average molecular weight is 321 g/mol. The number of anilines is 1. The Labute approximate surface area is 131 Å². The highest BCUT2D eigenvalue weighted by molar-refractivity contribution is 7.14. The molecular weight excluding hydrogens is 305 g/mol. The van der Waals surface area contributed by atoms with Crippen molar-refractivity contribution < 1.29 is 14.0 Å². The summed E-state index contributed by atoms with van der Waals surface area (Å²) >= 11 is 1.13. The number of rotatable bonds is 5. The molecule has 0 aliphatic carbocycles. The number of thiazole rings is 1. The number of hydrogen-bond acceptors (Lipinski definition) is 4. The highest BCUT2D eigenvalue weighted by atomic mass is 32.1. The number of nitrogens with zero attached hydrogens (tertiary/aromatic N) is 2. The van der Waals surface area contributed by atoms with Gasteiger partial charge in [-0.3, -0.25) is 14.9 Å². The summed E-state index contributed by atoms with van der Waals surface area (Å²) < 4.78 is 13.5. The fraction of sp³-hybridized carbons (Fsp3) is 0.267. The lowest BCUT2D eigenvalue weighted by Crippen LogP contribution is -2.30. The minimum Gasteiger partial charge on any atom is -0.338 e. The van der Waals surface area contributed by atoms with Crippen LogP contribution in [0.15, 0.2) is 29.6 Å². The highest BCUT2D eigenvalue weighted by Crippen LogP contribution is 2.18. The number of carbonyl (C=O) groups excluding carboxylic acids is 2. The van der Waals surface area contributed by atoms with Crippen molar-refractivity contribution in [1.82, 2.24) is 9.88 Å². The van der Waals surface area contributed by atoms with E-state index in [1.165, 1.54) is 18.2 Å². The molecule has 1 N–H and O–H groups in total. The van der Waals surface area contributed by atoms with Crippen LogP contribution < -0.4 is 5.32 Å². The Hall–Kier alpha value is -2.28. The molecule has 0 unspecified atom stereocenters. The molecule has 22 heavy (non-hydrogen) atoms. The second kappa shape index (κ2) is 7.13. The Morgan fingerprint density at radius 3 is 2.59 bits per heavy atom. The fourth-order valence-electron chi connectivity index (χ4n) is 1.91. The maximum absolute atomic E-state index is 13.5. The minimum absolute atomic E-state index is 0.0608. The van der Waals surface area contributed by atoms with Gasteiger partial charge in [0.1, 0.15) is 11.5 Å². The summed E-state index contributed by atoms with van der Waals surface area (Å²) in [6, 6.07) is 5.69. The van der Waals surface area contributed by atoms with Crippen molar-refractivity contribution in [3.05, 3.63) is 46.7 Å². The Bertz CT molecular complexity index is 683. The maximum atomic E-state index is 13.5. The van der Waals surface area contributed by atoms with Crippen LogP contribution in [-0.4, -0.2) is 34.8 Å². The first-order valence-corrected chi connectivity index (χ1v) is 7.75. The van der Waals surface area contributed by atoms with E-state index in [1.807, 2.05) is 13.8 Å². The quantitative estimate of drug-likeness (QED) is 0.921. The van der Waals surface area contributed by atoms with Gasteiger partial charge in [-0.15, -0.1) is 11.3 Å². The smallest absolute Gasteiger partial charge is 0.273 e. The Morgan fingerprint density at radius 1 is 1.27 bits per heavy atom. The summed E-state index contributed by atoms with van der Waals surface area (Å²) in [6.07, 6.45) is 0. The number of amides is 2. The third-order valence-electron chi connectivity index (χ3n) is 3.11. The van der Waals surface area contributed by atoms with Crippen LogP contribution in [0, 0.1) is 5.82 Å². The number of nitrogens with one attached hydrogen (secondary N) is 1. The molecule has 2 amide bonds.